The topological polar surface area (TPSA) is 35.9 Å². The molecule has 1 saturated carbocycles. The molecule has 1 aliphatic carbocycles. The van der Waals surface area contributed by atoms with Crippen molar-refractivity contribution in [1.29, 1.82) is 0 Å². The van der Waals surface area contributed by atoms with Gasteiger partial charge in [-0.15, -0.1) is 0 Å². The number of aliphatic hydroxyl groups is 1. The first-order chi connectivity index (χ1) is 9.65. The average molecular weight is 282 g/mol. The van der Waals surface area contributed by atoms with E-state index in [0.717, 1.165) is 45.8 Å². The van der Waals surface area contributed by atoms with Crippen molar-refractivity contribution in [3.05, 3.63) is 0 Å². The Morgan fingerprint density at radius 2 is 1.75 bits per heavy atom. The van der Waals surface area contributed by atoms with Gasteiger partial charge in [0.05, 0.1) is 19.3 Å². The molecular weight excluding hydrogens is 252 g/mol. The summed E-state index contributed by atoms with van der Waals surface area (Å²) < 4.78 is 5.45. The molecule has 2 heterocycles. The van der Waals surface area contributed by atoms with Crippen molar-refractivity contribution < 1.29 is 9.84 Å². The van der Waals surface area contributed by atoms with Crippen LogP contribution < -0.4 is 0 Å². The predicted molar refractivity (Wildman–Crippen MR) is 79.7 cm³/mol. The van der Waals surface area contributed by atoms with E-state index in [1.807, 2.05) is 0 Å². The minimum absolute atomic E-state index is 0.128. The van der Waals surface area contributed by atoms with Gasteiger partial charge in [-0.05, 0) is 31.1 Å². The molecule has 0 aromatic rings. The van der Waals surface area contributed by atoms with Crippen LogP contribution in [0.2, 0.25) is 0 Å². The smallest absolute Gasteiger partial charge is 0.0700 e. The van der Waals surface area contributed by atoms with Crippen LogP contribution >= 0.6 is 0 Å². The van der Waals surface area contributed by atoms with Gasteiger partial charge in [-0.2, -0.15) is 0 Å². The quantitative estimate of drug-likeness (QED) is 0.825. The summed E-state index contributed by atoms with van der Waals surface area (Å²) in [5.74, 6) is 1.30. The van der Waals surface area contributed by atoms with E-state index in [9.17, 15) is 5.11 Å². The molecule has 0 aromatic heterocycles. The summed E-state index contributed by atoms with van der Waals surface area (Å²) >= 11 is 0. The summed E-state index contributed by atoms with van der Waals surface area (Å²) in [7, 11) is 0. The Balaban J connectivity index is 1.58. The number of aliphatic hydroxyl groups excluding tert-OH is 1. The maximum atomic E-state index is 10.5. The first kappa shape index (κ1) is 14.8. The van der Waals surface area contributed by atoms with Crippen LogP contribution in [0.15, 0.2) is 0 Å². The third kappa shape index (κ3) is 3.03. The van der Waals surface area contributed by atoms with E-state index >= 15 is 0 Å². The lowest BCUT2D eigenvalue weighted by molar-refractivity contribution is -0.0220. The Morgan fingerprint density at radius 1 is 1.00 bits per heavy atom. The van der Waals surface area contributed by atoms with Gasteiger partial charge in [0.2, 0.25) is 0 Å². The Hall–Kier alpha value is -0.160. The predicted octanol–water partition coefficient (Wildman–Crippen LogP) is 1.19. The molecule has 1 N–H and O–H groups in total. The van der Waals surface area contributed by atoms with Crippen molar-refractivity contribution in [3.8, 4) is 0 Å². The summed E-state index contributed by atoms with van der Waals surface area (Å²) in [5, 5.41) is 10.5. The summed E-state index contributed by atoms with van der Waals surface area (Å²) in [6.07, 6.45) is 3.37. The van der Waals surface area contributed by atoms with E-state index in [4.69, 9.17) is 4.74 Å². The molecule has 5 atom stereocenters. The van der Waals surface area contributed by atoms with Crippen LogP contribution in [-0.2, 0) is 4.74 Å². The second-order valence-electron chi connectivity index (χ2n) is 7.20. The van der Waals surface area contributed by atoms with Crippen molar-refractivity contribution in [3.63, 3.8) is 0 Å². The number of nitrogens with zero attached hydrogens (tertiary/aromatic N) is 2. The van der Waals surface area contributed by atoms with E-state index in [-0.39, 0.29) is 6.10 Å². The number of ether oxygens (including phenoxy) is 1. The van der Waals surface area contributed by atoms with Gasteiger partial charge in [-0.25, -0.2) is 0 Å². The van der Waals surface area contributed by atoms with Crippen molar-refractivity contribution in [2.75, 3.05) is 39.4 Å². The number of hydrogen-bond acceptors (Lipinski definition) is 4. The Labute approximate surface area is 123 Å². The normalized spacial score (nSPS) is 44.9. The SMILES string of the molecule is CC1CC(C)C(N2CCC(N3CCOCC3)C2)C(O)C1. The highest BCUT2D eigenvalue weighted by atomic mass is 16.5. The van der Waals surface area contributed by atoms with Crippen molar-refractivity contribution >= 4 is 0 Å². The van der Waals surface area contributed by atoms with E-state index in [0.29, 0.717) is 23.9 Å². The Morgan fingerprint density at radius 3 is 2.45 bits per heavy atom. The molecule has 0 bridgehead atoms. The average Bonchev–Trinajstić information content (AvgIpc) is 2.88. The standard InChI is InChI=1S/C16H30N2O2/c1-12-9-13(2)16(15(19)10-12)18-4-3-14(11-18)17-5-7-20-8-6-17/h12-16,19H,3-11H2,1-2H3. The van der Waals surface area contributed by atoms with Gasteiger partial charge in [0.15, 0.2) is 0 Å². The monoisotopic (exact) mass is 282 g/mol. The fourth-order valence-corrected chi connectivity index (χ4v) is 4.68. The van der Waals surface area contributed by atoms with Crippen LogP contribution in [0.1, 0.15) is 33.1 Å². The first-order valence-electron chi connectivity index (χ1n) is 8.39. The molecule has 3 rings (SSSR count). The largest absolute Gasteiger partial charge is 0.391 e. The molecule has 3 fully saturated rings. The molecule has 116 valence electrons. The highest BCUT2D eigenvalue weighted by Crippen LogP contribution is 2.34. The Kier molecular flexibility index (Phi) is 4.65. The summed E-state index contributed by atoms with van der Waals surface area (Å²) in [6, 6.07) is 1.06. The molecule has 2 saturated heterocycles. The summed E-state index contributed by atoms with van der Waals surface area (Å²) in [6.45, 7) is 10.8. The molecular formula is C16H30N2O2. The van der Waals surface area contributed by atoms with E-state index in [2.05, 4.69) is 23.6 Å². The van der Waals surface area contributed by atoms with Crippen LogP contribution in [0, 0.1) is 11.8 Å². The number of hydrogen-bond donors (Lipinski definition) is 1. The lowest BCUT2D eigenvalue weighted by Gasteiger charge is -2.42. The minimum atomic E-state index is -0.128. The molecule has 0 radical (unpaired) electrons. The fraction of sp³-hybridized carbons (Fsp3) is 1.00. The van der Waals surface area contributed by atoms with Gasteiger partial charge < -0.3 is 9.84 Å². The number of likely N-dealkylation sites (tertiary alicyclic amines) is 1. The second-order valence-corrected chi connectivity index (χ2v) is 7.20. The lowest BCUT2D eigenvalue weighted by atomic mass is 9.77. The zero-order valence-electron chi connectivity index (χ0n) is 13.0. The number of rotatable bonds is 2. The molecule has 2 aliphatic heterocycles. The highest BCUT2D eigenvalue weighted by Gasteiger charge is 2.40. The highest BCUT2D eigenvalue weighted by molar-refractivity contribution is 4.95. The van der Waals surface area contributed by atoms with Crippen LogP contribution in [-0.4, -0.2) is 72.5 Å². The summed E-state index contributed by atoms with van der Waals surface area (Å²) in [4.78, 5) is 5.16. The second kappa shape index (κ2) is 6.30. The zero-order valence-corrected chi connectivity index (χ0v) is 13.0. The van der Waals surface area contributed by atoms with E-state index < -0.39 is 0 Å². The zero-order chi connectivity index (χ0) is 14.1. The molecule has 5 unspecified atom stereocenters. The van der Waals surface area contributed by atoms with Crippen LogP contribution in [0.25, 0.3) is 0 Å². The van der Waals surface area contributed by atoms with Crippen LogP contribution in [0.3, 0.4) is 0 Å². The maximum Gasteiger partial charge on any atom is 0.0700 e. The van der Waals surface area contributed by atoms with Gasteiger partial charge in [-0.1, -0.05) is 13.8 Å². The maximum absolute atomic E-state index is 10.5. The van der Waals surface area contributed by atoms with Crippen molar-refractivity contribution in [1.82, 2.24) is 9.80 Å². The fourth-order valence-electron chi connectivity index (χ4n) is 4.68. The molecule has 0 spiro atoms. The summed E-state index contributed by atoms with van der Waals surface area (Å²) in [5.41, 5.74) is 0. The van der Waals surface area contributed by atoms with E-state index in [1.54, 1.807) is 0 Å². The molecule has 4 heteroatoms. The molecule has 0 aromatic carbocycles. The molecule has 4 nitrogen and oxygen atoms in total. The van der Waals surface area contributed by atoms with Crippen LogP contribution in [0.5, 0.6) is 0 Å². The number of morpholine rings is 1. The van der Waals surface area contributed by atoms with Gasteiger partial charge >= 0.3 is 0 Å². The van der Waals surface area contributed by atoms with E-state index in [1.165, 1.54) is 12.8 Å². The molecule has 0 amide bonds. The van der Waals surface area contributed by atoms with Crippen molar-refractivity contribution in [2.45, 2.75) is 51.3 Å². The van der Waals surface area contributed by atoms with Crippen molar-refractivity contribution in [2.24, 2.45) is 11.8 Å². The third-order valence-electron chi connectivity index (χ3n) is 5.57. The van der Waals surface area contributed by atoms with Gasteiger partial charge in [-0.3, -0.25) is 9.80 Å². The first-order valence-corrected chi connectivity index (χ1v) is 8.39. The third-order valence-corrected chi connectivity index (χ3v) is 5.57. The Bertz CT molecular complexity index is 308. The van der Waals surface area contributed by atoms with Gasteiger partial charge in [0.1, 0.15) is 0 Å². The minimum Gasteiger partial charge on any atom is -0.391 e. The van der Waals surface area contributed by atoms with Crippen LogP contribution in [0.4, 0.5) is 0 Å². The molecule has 3 aliphatic rings. The molecule has 20 heavy (non-hydrogen) atoms. The van der Waals surface area contributed by atoms with Gasteiger partial charge in [0.25, 0.3) is 0 Å². The lowest BCUT2D eigenvalue weighted by Crippen LogP contribution is -2.52. The van der Waals surface area contributed by atoms with Gasteiger partial charge in [0, 0.05) is 38.3 Å².